The molecule has 0 radical (unpaired) electrons. The first kappa shape index (κ1) is 14.6. The van der Waals surface area contributed by atoms with Crippen LogP contribution in [0.15, 0.2) is 45.7 Å². The van der Waals surface area contributed by atoms with Gasteiger partial charge in [-0.15, -0.1) is 0 Å². The number of nitrogens with two attached hydrogens (primary N) is 1. The van der Waals surface area contributed by atoms with Crippen molar-refractivity contribution in [3.63, 3.8) is 0 Å². The fourth-order valence-corrected chi connectivity index (χ4v) is 2.83. The Bertz CT molecular complexity index is 719. The summed E-state index contributed by atoms with van der Waals surface area (Å²) in [4.78, 5) is 25.9. The lowest BCUT2D eigenvalue weighted by atomic mass is 10.2. The van der Waals surface area contributed by atoms with Gasteiger partial charge in [0.2, 0.25) is 0 Å². The summed E-state index contributed by atoms with van der Waals surface area (Å²) >= 11 is 0. The minimum Gasteiger partial charge on any atom is -0.454 e. The number of nitrogens with zero attached hydrogens (tertiary/aromatic N) is 2. The zero-order valence-corrected chi connectivity index (χ0v) is 12.3. The maximum absolute atomic E-state index is 12.5. The van der Waals surface area contributed by atoms with Crippen molar-refractivity contribution in [2.75, 3.05) is 13.1 Å². The molecule has 0 spiro atoms. The molecule has 1 fully saturated rings. The zero-order chi connectivity index (χ0) is 15.5. The molecule has 6 heteroatoms. The lowest BCUT2D eigenvalue weighted by molar-refractivity contribution is 0.0707. The summed E-state index contributed by atoms with van der Waals surface area (Å²) in [6, 6.07) is 8.46. The van der Waals surface area contributed by atoms with Gasteiger partial charge in [-0.3, -0.25) is 9.59 Å². The van der Waals surface area contributed by atoms with Crippen molar-refractivity contribution in [3.8, 4) is 0 Å². The Morgan fingerprint density at radius 3 is 2.95 bits per heavy atom. The smallest absolute Gasteiger partial charge is 0.289 e. The molecular weight excluding hydrogens is 282 g/mol. The van der Waals surface area contributed by atoms with Crippen molar-refractivity contribution in [1.29, 1.82) is 0 Å². The molecule has 1 amide bonds. The summed E-state index contributed by atoms with van der Waals surface area (Å²) in [6.45, 7) is 1.50. The first-order chi connectivity index (χ1) is 10.7. The van der Waals surface area contributed by atoms with Crippen LogP contribution >= 0.6 is 0 Å². The van der Waals surface area contributed by atoms with Crippen molar-refractivity contribution < 1.29 is 9.21 Å². The minimum atomic E-state index is -0.125. The molecule has 6 nitrogen and oxygen atoms in total. The maximum Gasteiger partial charge on any atom is 0.289 e. The number of aromatic nitrogens is 1. The molecule has 2 N–H and O–H groups in total. The van der Waals surface area contributed by atoms with Gasteiger partial charge in [0.05, 0.1) is 6.54 Å². The van der Waals surface area contributed by atoms with Gasteiger partial charge in [0, 0.05) is 31.4 Å². The van der Waals surface area contributed by atoms with Crippen molar-refractivity contribution in [1.82, 2.24) is 9.47 Å². The molecule has 1 unspecified atom stereocenters. The van der Waals surface area contributed by atoms with Crippen molar-refractivity contribution in [2.45, 2.75) is 25.4 Å². The second-order valence-corrected chi connectivity index (χ2v) is 5.46. The Morgan fingerprint density at radius 1 is 1.32 bits per heavy atom. The van der Waals surface area contributed by atoms with E-state index in [1.165, 1.54) is 10.6 Å². The van der Waals surface area contributed by atoms with Crippen LogP contribution in [-0.4, -0.2) is 34.5 Å². The molecule has 1 saturated heterocycles. The predicted molar refractivity (Wildman–Crippen MR) is 81.6 cm³/mol. The molecule has 1 atom stereocenters. The second-order valence-electron chi connectivity index (χ2n) is 5.46. The highest BCUT2D eigenvalue weighted by Crippen LogP contribution is 2.20. The molecule has 0 bridgehead atoms. The molecule has 2 aromatic rings. The van der Waals surface area contributed by atoms with Gasteiger partial charge in [-0.25, -0.2) is 0 Å². The summed E-state index contributed by atoms with van der Waals surface area (Å²) in [6.07, 6.45) is 3.60. The van der Waals surface area contributed by atoms with E-state index in [0.717, 1.165) is 19.4 Å². The Labute approximate surface area is 128 Å². The number of furan rings is 1. The summed E-state index contributed by atoms with van der Waals surface area (Å²) in [5, 5.41) is 0. The van der Waals surface area contributed by atoms with E-state index in [9.17, 15) is 9.59 Å². The van der Waals surface area contributed by atoms with E-state index in [-0.39, 0.29) is 17.5 Å². The van der Waals surface area contributed by atoms with Crippen LogP contribution in [-0.2, 0) is 6.54 Å². The van der Waals surface area contributed by atoms with E-state index in [0.29, 0.717) is 24.6 Å². The van der Waals surface area contributed by atoms with Crippen LogP contribution in [0.25, 0.3) is 0 Å². The highest BCUT2D eigenvalue weighted by atomic mass is 16.4. The third-order valence-corrected chi connectivity index (χ3v) is 4.01. The lowest BCUT2D eigenvalue weighted by Crippen LogP contribution is -2.39. The average Bonchev–Trinajstić information content (AvgIpc) is 3.17. The number of amides is 1. The van der Waals surface area contributed by atoms with Crippen molar-refractivity contribution in [2.24, 2.45) is 5.73 Å². The first-order valence-electron chi connectivity index (χ1n) is 7.44. The lowest BCUT2D eigenvalue weighted by Gasteiger charge is -2.22. The van der Waals surface area contributed by atoms with Crippen LogP contribution in [0.1, 0.15) is 29.2 Å². The molecule has 3 heterocycles. The van der Waals surface area contributed by atoms with Crippen LogP contribution in [0.5, 0.6) is 0 Å². The molecule has 116 valence electrons. The zero-order valence-electron chi connectivity index (χ0n) is 12.3. The van der Waals surface area contributed by atoms with Crippen LogP contribution in [0.4, 0.5) is 0 Å². The van der Waals surface area contributed by atoms with E-state index in [1.54, 1.807) is 35.4 Å². The Kier molecular flexibility index (Phi) is 4.11. The molecule has 0 saturated carbocycles. The molecule has 0 aromatic carbocycles. The predicted octanol–water partition coefficient (Wildman–Crippen LogP) is 1.05. The molecule has 1 aliphatic rings. The standard InChI is InChI=1S/C16H19N3O3/c17-10-12-4-3-9-19(12)16(21)14-7-6-13(22-14)11-18-8-2-1-5-15(18)20/h1-2,5-8,12H,3-4,9-11,17H2. The first-order valence-corrected chi connectivity index (χ1v) is 7.44. The normalized spacial score (nSPS) is 17.9. The minimum absolute atomic E-state index is 0.0952. The van der Waals surface area contributed by atoms with Gasteiger partial charge < -0.3 is 19.6 Å². The number of hydrogen-bond acceptors (Lipinski definition) is 4. The second kappa shape index (κ2) is 6.19. The molecule has 2 aromatic heterocycles. The summed E-state index contributed by atoms with van der Waals surface area (Å²) < 4.78 is 7.15. The van der Waals surface area contributed by atoms with Crippen LogP contribution in [0.2, 0.25) is 0 Å². The third kappa shape index (κ3) is 2.82. The average molecular weight is 301 g/mol. The summed E-state index contributed by atoms with van der Waals surface area (Å²) in [7, 11) is 0. The fourth-order valence-electron chi connectivity index (χ4n) is 2.83. The SMILES string of the molecule is NCC1CCCN1C(=O)c1ccc(Cn2ccccc2=O)o1. The topological polar surface area (TPSA) is 81.5 Å². The highest BCUT2D eigenvalue weighted by Gasteiger charge is 2.29. The van der Waals surface area contributed by atoms with Crippen LogP contribution in [0.3, 0.4) is 0 Å². The van der Waals surface area contributed by atoms with Gasteiger partial charge in [-0.1, -0.05) is 6.07 Å². The largest absolute Gasteiger partial charge is 0.454 e. The summed E-state index contributed by atoms with van der Waals surface area (Å²) in [5.41, 5.74) is 5.60. The fraction of sp³-hybridized carbons (Fsp3) is 0.375. The Balaban J connectivity index is 1.75. The quantitative estimate of drug-likeness (QED) is 0.915. The summed E-state index contributed by atoms with van der Waals surface area (Å²) in [5.74, 6) is 0.763. The number of carbonyl (C=O) groups excluding carboxylic acids is 1. The molecule has 1 aliphatic heterocycles. The van der Waals surface area contributed by atoms with E-state index in [2.05, 4.69) is 0 Å². The van der Waals surface area contributed by atoms with E-state index >= 15 is 0 Å². The van der Waals surface area contributed by atoms with Gasteiger partial charge in [-0.2, -0.15) is 0 Å². The molecular formula is C16H19N3O3. The third-order valence-electron chi connectivity index (χ3n) is 4.01. The Hall–Kier alpha value is -2.34. The van der Waals surface area contributed by atoms with Gasteiger partial charge in [-0.05, 0) is 31.0 Å². The van der Waals surface area contributed by atoms with Gasteiger partial charge >= 0.3 is 0 Å². The van der Waals surface area contributed by atoms with Gasteiger partial charge in [0.1, 0.15) is 5.76 Å². The van der Waals surface area contributed by atoms with E-state index in [1.807, 2.05) is 0 Å². The number of hydrogen-bond donors (Lipinski definition) is 1. The molecule has 22 heavy (non-hydrogen) atoms. The van der Waals surface area contributed by atoms with Crippen molar-refractivity contribution in [3.05, 3.63) is 58.4 Å². The number of pyridine rings is 1. The maximum atomic E-state index is 12.5. The van der Waals surface area contributed by atoms with Crippen LogP contribution < -0.4 is 11.3 Å². The van der Waals surface area contributed by atoms with E-state index in [4.69, 9.17) is 10.2 Å². The van der Waals surface area contributed by atoms with E-state index < -0.39 is 0 Å². The number of rotatable bonds is 4. The highest BCUT2D eigenvalue weighted by molar-refractivity contribution is 5.92. The molecule has 3 rings (SSSR count). The van der Waals surface area contributed by atoms with Gasteiger partial charge in [0.25, 0.3) is 11.5 Å². The molecule has 0 aliphatic carbocycles. The van der Waals surface area contributed by atoms with Crippen molar-refractivity contribution >= 4 is 5.91 Å². The Morgan fingerprint density at radius 2 is 2.18 bits per heavy atom. The van der Waals surface area contributed by atoms with Gasteiger partial charge in [0.15, 0.2) is 5.76 Å². The number of likely N-dealkylation sites (tertiary alicyclic amines) is 1. The van der Waals surface area contributed by atoms with Crippen LogP contribution in [0, 0.1) is 0 Å². The number of carbonyl (C=O) groups is 1. The monoisotopic (exact) mass is 301 g/mol.